The van der Waals surface area contributed by atoms with Crippen LogP contribution in [0.1, 0.15) is 23.2 Å². The molecule has 2 rings (SSSR count). The molecule has 7 heteroatoms. The molecule has 20 heavy (non-hydrogen) atoms. The second kappa shape index (κ2) is 5.32. The Kier molecular flexibility index (Phi) is 3.89. The fourth-order valence-corrected chi connectivity index (χ4v) is 2.36. The van der Waals surface area contributed by atoms with Crippen LogP contribution in [-0.2, 0) is 4.79 Å². The largest absolute Gasteiger partial charge is 0.495 e. The van der Waals surface area contributed by atoms with Crippen LogP contribution in [0.25, 0.3) is 0 Å². The number of nitrogens with one attached hydrogen (secondary N) is 1. The number of hydrogen-bond acceptors (Lipinski definition) is 4. The number of carbonyl (C=O) groups excluding carboxylic acids is 1. The highest BCUT2D eigenvalue weighted by Crippen LogP contribution is 2.38. The highest BCUT2D eigenvalue weighted by atomic mass is 79.9. The number of amides is 1. The van der Waals surface area contributed by atoms with Crippen LogP contribution in [0.3, 0.4) is 0 Å². The van der Waals surface area contributed by atoms with Gasteiger partial charge in [0.2, 0.25) is 0 Å². The van der Waals surface area contributed by atoms with Gasteiger partial charge in [-0.05, 0) is 40.9 Å². The SMILES string of the molecule is COc1cc(C(=O)NC2(C(=O)O)CC2)cc(OC)c1Br. The number of benzene rings is 1. The Morgan fingerprint density at radius 3 is 2.10 bits per heavy atom. The van der Waals surface area contributed by atoms with Gasteiger partial charge in [-0.3, -0.25) is 4.79 Å². The van der Waals surface area contributed by atoms with Crippen LogP contribution in [0.15, 0.2) is 16.6 Å². The number of carboxylic acid groups (broad SMARTS) is 1. The van der Waals surface area contributed by atoms with Crippen molar-refractivity contribution >= 4 is 27.8 Å². The highest BCUT2D eigenvalue weighted by molar-refractivity contribution is 9.10. The molecule has 1 aromatic carbocycles. The van der Waals surface area contributed by atoms with Gasteiger partial charge in [0.1, 0.15) is 21.5 Å². The molecule has 2 N–H and O–H groups in total. The summed E-state index contributed by atoms with van der Waals surface area (Å²) in [6.45, 7) is 0. The molecule has 0 saturated heterocycles. The van der Waals surface area contributed by atoms with Crippen LogP contribution >= 0.6 is 15.9 Å². The molecule has 0 spiro atoms. The van der Waals surface area contributed by atoms with Crippen LogP contribution in [0.4, 0.5) is 0 Å². The summed E-state index contributed by atoms with van der Waals surface area (Å²) >= 11 is 3.31. The maximum Gasteiger partial charge on any atom is 0.329 e. The number of rotatable bonds is 5. The summed E-state index contributed by atoms with van der Waals surface area (Å²) in [4.78, 5) is 23.2. The summed E-state index contributed by atoms with van der Waals surface area (Å²) in [5.74, 6) is -0.597. The van der Waals surface area contributed by atoms with Gasteiger partial charge >= 0.3 is 5.97 Å². The number of ether oxygens (including phenoxy) is 2. The smallest absolute Gasteiger partial charge is 0.329 e. The minimum atomic E-state index is -1.12. The van der Waals surface area contributed by atoms with Gasteiger partial charge in [-0.15, -0.1) is 0 Å². The van der Waals surface area contributed by atoms with E-state index in [9.17, 15) is 9.59 Å². The molecule has 1 aliphatic carbocycles. The van der Waals surface area contributed by atoms with E-state index in [2.05, 4.69) is 21.2 Å². The van der Waals surface area contributed by atoms with Crippen molar-refractivity contribution in [1.29, 1.82) is 0 Å². The van der Waals surface area contributed by atoms with E-state index in [0.717, 1.165) is 0 Å². The van der Waals surface area contributed by atoms with E-state index in [4.69, 9.17) is 14.6 Å². The summed E-state index contributed by atoms with van der Waals surface area (Å²) in [7, 11) is 2.95. The van der Waals surface area contributed by atoms with Crippen molar-refractivity contribution in [1.82, 2.24) is 5.32 Å². The second-order valence-corrected chi connectivity index (χ2v) is 5.33. The van der Waals surface area contributed by atoms with Gasteiger partial charge in [-0.2, -0.15) is 0 Å². The lowest BCUT2D eigenvalue weighted by Gasteiger charge is -2.15. The molecule has 0 atom stereocenters. The third-order valence-corrected chi connectivity index (χ3v) is 4.00. The number of carboxylic acids is 1. The van der Waals surface area contributed by atoms with Crippen LogP contribution in [0.5, 0.6) is 11.5 Å². The zero-order chi connectivity index (χ0) is 14.9. The minimum absolute atomic E-state index is 0.287. The molecule has 1 aliphatic rings. The van der Waals surface area contributed by atoms with Gasteiger partial charge < -0.3 is 19.9 Å². The van der Waals surface area contributed by atoms with Crippen molar-refractivity contribution in [3.8, 4) is 11.5 Å². The van der Waals surface area contributed by atoms with Crippen LogP contribution in [0.2, 0.25) is 0 Å². The van der Waals surface area contributed by atoms with Gasteiger partial charge in [0, 0.05) is 5.56 Å². The predicted molar refractivity (Wildman–Crippen MR) is 74.3 cm³/mol. The maximum atomic E-state index is 12.2. The first-order valence-electron chi connectivity index (χ1n) is 5.91. The monoisotopic (exact) mass is 343 g/mol. The molecule has 1 fully saturated rings. The molecule has 0 bridgehead atoms. The molecule has 1 aromatic rings. The number of methoxy groups -OCH3 is 2. The van der Waals surface area contributed by atoms with Gasteiger partial charge in [0.25, 0.3) is 5.91 Å². The third kappa shape index (κ3) is 2.58. The molecule has 1 saturated carbocycles. The van der Waals surface area contributed by atoms with Gasteiger partial charge in [-0.1, -0.05) is 0 Å². The molecular formula is C13H14BrNO5. The topological polar surface area (TPSA) is 84.9 Å². The molecule has 0 heterocycles. The van der Waals surface area contributed by atoms with E-state index in [1.807, 2.05) is 0 Å². The Bertz CT molecular complexity index is 543. The molecule has 0 unspecified atom stereocenters. The summed E-state index contributed by atoms with van der Waals surface area (Å²) < 4.78 is 10.9. The Hall–Kier alpha value is -1.76. The van der Waals surface area contributed by atoms with Crippen LogP contribution in [-0.4, -0.2) is 36.7 Å². The first-order chi connectivity index (χ1) is 9.43. The molecule has 1 amide bonds. The molecular weight excluding hydrogens is 330 g/mol. The summed E-state index contributed by atoms with van der Waals surface area (Å²) in [5, 5.41) is 11.6. The average Bonchev–Trinajstić information content (AvgIpc) is 3.19. The van der Waals surface area contributed by atoms with Crippen molar-refractivity contribution in [2.24, 2.45) is 0 Å². The fraction of sp³-hybridized carbons (Fsp3) is 0.385. The number of carbonyl (C=O) groups is 2. The Morgan fingerprint density at radius 2 is 1.75 bits per heavy atom. The van der Waals surface area contributed by atoms with Gasteiger partial charge in [-0.25, -0.2) is 4.79 Å². The minimum Gasteiger partial charge on any atom is -0.495 e. The molecule has 0 aromatic heterocycles. The lowest BCUT2D eigenvalue weighted by molar-refractivity contribution is -0.140. The van der Waals surface area contributed by atoms with E-state index in [1.54, 1.807) is 0 Å². The Balaban J connectivity index is 2.28. The summed E-state index contributed by atoms with van der Waals surface area (Å²) in [6, 6.07) is 3.06. The third-order valence-electron chi connectivity index (χ3n) is 3.22. The van der Waals surface area contributed by atoms with E-state index in [1.165, 1.54) is 26.4 Å². The van der Waals surface area contributed by atoms with Crippen molar-refractivity contribution in [3.63, 3.8) is 0 Å². The molecule has 0 radical (unpaired) electrons. The van der Waals surface area contributed by atoms with Crippen molar-refractivity contribution in [2.45, 2.75) is 18.4 Å². The average molecular weight is 344 g/mol. The first kappa shape index (κ1) is 14.6. The van der Waals surface area contributed by atoms with Crippen LogP contribution < -0.4 is 14.8 Å². The fourth-order valence-electron chi connectivity index (χ4n) is 1.81. The lowest BCUT2D eigenvalue weighted by Crippen LogP contribution is -2.43. The highest BCUT2D eigenvalue weighted by Gasteiger charge is 2.51. The molecule has 6 nitrogen and oxygen atoms in total. The molecule has 0 aliphatic heterocycles. The Labute approximate surface area is 124 Å². The number of aliphatic carboxylic acids is 1. The standard InChI is InChI=1S/C13H14BrNO5/c1-19-8-5-7(6-9(20-2)10(8)14)11(16)15-13(3-4-13)12(17)18/h5-6H,3-4H2,1-2H3,(H,15,16)(H,17,18). The normalized spacial score (nSPS) is 15.3. The zero-order valence-corrected chi connectivity index (χ0v) is 12.6. The van der Waals surface area contributed by atoms with Crippen molar-refractivity contribution in [3.05, 3.63) is 22.2 Å². The zero-order valence-electron chi connectivity index (χ0n) is 11.0. The van der Waals surface area contributed by atoms with Crippen LogP contribution in [0, 0.1) is 0 Å². The van der Waals surface area contributed by atoms with Gasteiger partial charge in [0.15, 0.2) is 0 Å². The van der Waals surface area contributed by atoms with E-state index in [-0.39, 0.29) is 5.56 Å². The quantitative estimate of drug-likeness (QED) is 0.851. The second-order valence-electron chi connectivity index (χ2n) is 4.54. The lowest BCUT2D eigenvalue weighted by atomic mass is 10.1. The molecule has 108 valence electrons. The Morgan fingerprint density at radius 1 is 1.25 bits per heavy atom. The van der Waals surface area contributed by atoms with E-state index >= 15 is 0 Å². The number of halogens is 1. The first-order valence-corrected chi connectivity index (χ1v) is 6.70. The van der Waals surface area contributed by atoms with Crippen molar-refractivity contribution < 1.29 is 24.2 Å². The maximum absolute atomic E-state index is 12.2. The summed E-state index contributed by atoms with van der Waals surface area (Å²) in [5.41, 5.74) is -0.834. The van der Waals surface area contributed by atoms with Gasteiger partial charge in [0.05, 0.1) is 14.2 Å². The van der Waals surface area contributed by atoms with E-state index < -0.39 is 17.4 Å². The van der Waals surface area contributed by atoms with Crippen molar-refractivity contribution in [2.75, 3.05) is 14.2 Å². The summed E-state index contributed by atoms with van der Waals surface area (Å²) in [6.07, 6.45) is 0.887. The predicted octanol–water partition coefficient (Wildman–Crippen LogP) is 1.81. The number of hydrogen-bond donors (Lipinski definition) is 2. The van der Waals surface area contributed by atoms with E-state index in [0.29, 0.717) is 28.8 Å².